The number of anilines is 1. The Hall–Kier alpha value is -2.74. The summed E-state index contributed by atoms with van der Waals surface area (Å²) in [6.07, 6.45) is 1.32. The third-order valence-corrected chi connectivity index (χ3v) is 2.70. The van der Waals surface area contributed by atoms with Crippen LogP contribution in [0.25, 0.3) is 0 Å². The lowest BCUT2D eigenvalue weighted by atomic mass is 10.2. The van der Waals surface area contributed by atoms with Gasteiger partial charge >= 0.3 is 11.5 Å². The van der Waals surface area contributed by atoms with Crippen LogP contribution in [0.3, 0.4) is 0 Å². The lowest BCUT2D eigenvalue weighted by Crippen LogP contribution is -2.17. The van der Waals surface area contributed by atoms with E-state index in [-0.39, 0.29) is 22.7 Å². The van der Waals surface area contributed by atoms with Crippen LogP contribution in [0.15, 0.2) is 42.6 Å². The summed E-state index contributed by atoms with van der Waals surface area (Å²) in [5.41, 5.74) is -3.94. The molecule has 1 aromatic carbocycles. The maximum atomic E-state index is 12.5. The zero-order chi connectivity index (χ0) is 17.0. The summed E-state index contributed by atoms with van der Waals surface area (Å²) in [6, 6.07) is 7.39. The third-order valence-electron chi connectivity index (χ3n) is 2.62. The molecule has 2 N–H and O–H groups in total. The van der Waals surface area contributed by atoms with E-state index in [1.165, 1.54) is 30.5 Å². The van der Waals surface area contributed by atoms with Crippen molar-refractivity contribution in [3.63, 3.8) is 0 Å². The smallest absolute Gasteiger partial charge is 0.478 e. The summed E-state index contributed by atoms with van der Waals surface area (Å²) in [7, 11) is 0. The van der Waals surface area contributed by atoms with Gasteiger partial charge in [-0.05, 0) is 36.4 Å². The van der Waals surface area contributed by atoms with Crippen molar-refractivity contribution in [2.45, 2.75) is 5.57 Å². The molecule has 23 heavy (non-hydrogen) atoms. The molecule has 0 radical (unpaired) electrons. The number of ether oxygens (including phenoxy) is 1. The average Bonchev–Trinajstić information content (AvgIpc) is 2.46. The SMILES string of the molecule is O=C(Nc1ncccc1C(=O)O)c1ccc(OC(F)(F)Cl)cc1. The average molecular weight is 343 g/mol. The van der Waals surface area contributed by atoms with Gasteiger partial charge in [-0.25, -0.2) is 9.78 Å². The molecule has 0 aliphatic carbocycles. The largest absolute Gasteiger partial charge is 0.487 e. The Labute approximate surface area is 133 Å². The number of benzene rings is 1. The first-order chi connectivity index (χ1) is 10.8. The van der Waals surface area contributed by atoms with Crippen molar-refractivity contribution in [3.05, 3.63) is 53.7 Å². The van der Waals surface area contributed by atoms with Crippen LogP contribution in [0, 0.1) is 0 Å². The number of rotatable bonds is 5. The lowest BCUT2D eigenvalue weighted by Gasteiger charge is -2.11. The van der Waals surface area contributed by atoms with Crippen molar-refractivity contribution in [3.8, 4) is 5.75 Å². The normalized spacial score (nSPS) is 10.9. The Kier molecular flexibility index (Phi) is 4.75. The molecule has 1 aromatic heterocycles. The molecule has 0 atom stereocenters. The Morgan fingerprint density at radius 3 is 2.43 bits per heavy atom. The maximum Gasteiger partial charge on any atom is 0.487 e. The fourth-order valence-electron chi connectivity index (χ4n) is 1.67. The number of alkyl halides is 3. The minimum Gasteiger partial charge on any atom is -0.478 e. The van der Waals surface area contributed by atoms with Gasteiger partial charge in [0.25, 0.3) is 5.91 Å². The van der Waals surface area contributed by atoms with Crippen LogP contribution in [-0.4, -0.2) is 27.5 Å². The number of carboxylic acid groups (broad SMARTS) is 1. The second-order valence-electron chi connectivity index (χ2n) is 4.23. The molecule has 120 valence electrons. The van der Waals surface area contributed by atoms with Crippen LogP contribution in [0.4, 0.5) is 14.6 Å². The minimum absolute atomic E-state index is 0.0947. The number of halogens is 3. The zero-order valence-corrected chi connectivity index (χ0v) is 12.1. The Morgan fingerprint density at radius 2 is 1.87 bits per heavy atom. The van der Waals surface area contributed by atoms with Gasteiger partial charge in [-0.1, -0.05) is 0 Å². The molecule has 6 nitrogen and oxygen atoms in total. The van der Waals surface area contributed by atoms with Crippen LogP contribution >= 0.6 is 11.6 Å². The molecular weight excluding hydrogens is 334 g/mol. The van der Waals surface area contributed by atoms with Crippen LogP contribution in [0.5, 0.6) is 5.75 Å². The van der Waals surface area contributed by atoms with Gasteiger partial charge in [0.15, 0.2) is 0 Å². The monoisotopic (exact) mass is 342 g/mol. The molecule has 9 heteroatoms. The number of hydrogen-bond acceptors (Lipinski definition) is 4. The number of pyridine rings is 1. The van der Waals surface area contributed by atoms with Crippen molar-refractivity contribution in [2.75, 3.05) is 5.32 Å². The number of aromatic nitrogens is 1. The number of hydrogen-bond donors (Lipinski definition) is 2. The van der Waals surface area contributed by atoms with E-state index in [4.69, 9.17) is 5.11 Å². The van der Waals surface area contributed by atoms with Crippen LogP contribution in [0.1, 0.15) is 20.7 Å². The van der Waals surface area contributed by atoms with Gasteiger partial charge < -0.3 is 15.2 Å². The van der Waals surface area contributed by atoms with Crippen LogP contribution < -0.4 is 10.1 Å². The van der Waals surface area contributed by atoms with Gasteiger partial charge in [0.1, 0.15) is 17.1 Å². The lowest BCUT2D eigenvalue weighted by molar-refractivity contribution is -0.0964. The van der Waals surface area contributed by atoms with Crippen molar-refractivity contribution in [2.24, 2.45) is 0 Å². The summed E-state index contributed by atoms with van der Waals surface area (Å²) < 4.78 is 29.1. The molecule has 0 unspecified atom stereocenters. The van der Waals surface area contributed by atoms with E-state index in [1.807, 2.05) is 0 Å². The molecule has 0 spiro atoms. The van der Waals surface area contributed by atoms with E-state index in [0.29, 0.717) is 0 Å². The van der Waals surface area contributed by atoms with E-state index in [2.05, 4.69) is 26.6 Å². The van der Waals surface area contributed by atoms with E-state index >= 15 is 0 Å². The number of carboxylic acids is 1. The number of carbonyl (C=O) groups excluding carboxylic acids is 1. The van der Waals surface area contributed by atoms with Crippen molar-refractivity contribution in [1.29, 1.82) is 0 Å². The first kappa shape index (κ1) is 16.6. The van der Waals surface area contributed by atoms with Gasteiger partial charge in [-0.2, -0.15) is 0 Å². The summed E-state index contributed by atoms with van der Waals surface area (Å²) in [4.78, 5) is 26.8. The van der Waals surface area contributed by atoms with Gasteiger partial charge in [0.2, 0.25) is 0 Å². The highest BCUT2D eigenvalue weighted by atomic mass is 35.5. The van der Waals surface area contributed by atoms with Gasteiger partial charge in [0.05, 0.1) is 0 Å². The summed E-state index contributed by atoms with van der Waals surface area (Å²) >= 11 is 4.63. The molecule has 2 rings (SSSR count). The van der Waals surface area contributed by atoms with E-state index in [0.717, 1.165) is 12.1 Å². The summed E-state index contributed by atoms with van der Waals surface area (Å²) in [5.74, 6) is -2.26. The maximum absolute atomic E-state index is 12.5. The number of carbonyl (C=O) groups is 2. The number of nitrogens with one attached hydrogen (secondary N) is 1. The van der Waals surface area contributed by atoms with Gasteiger partial charge in [0, 0.05) is 23.4 Å². The van der Waals surface area contributed by atoms with Crippen molar-refractivity contribution in [1.82, 2.24) is 4.98 Å². The Bertz CT molecular complexity index is 732. The standard InChI is InChI=1S/C14H9ClF2N2O4/c15-14(16,17)23-9-5-3-8(4-6-9)12(20)19-11-10(13(21)22)2-1-7-18-11/h1-7H,(H,21,22)(H,18,19,20). The fourth-order valence-corrected chi connectivity index (χ4v) is 1.75. The Balaban J connectivity index is 2.14. The molecule has 1 heterocycles. The predicted molar refractivity (Wildman–Crippen MR) is 77.0 cm³/mol. The second kappa shape index (κ2) is 6.57. The highest BCUT2D eigenvalue weighted by molar-refractivity contribution is 6.20. The first-order valence-corrected chi connectivity index (χ1v) is 6.49. The molecule has 1 amide bonds. The van der Waals surface area contributed by atoms with E-state index in [1.54, 1.807) is 0 Å². The van der Waals surface area contributed by atoms with Crippen LogP contribution in [-0.2, 0) is 0 Å². The number of nitrogens with zero attached hydrogens (tertiary/aromatic N) is 1. The van der Waals surface area contributed by atoms with E-state index < -0.39 is 17.4 Å². The minimum atomic E-state index is -3.85. The van der Waals surface area contributed by atoms with Crippen LogP contribution in [0.2, 0.25) is 0 Å². The van der Waals surface area contributed by atoms with Crippen molar-refractivity contribution >= 4 is 29.3 Å². The molecule has 2 aromatic rings. The number of aromatic carboxylic acids is 1. The highest BCUT2D eigenvalue weighted by Gasteiger charge is 2.27. The summed E-state index contributed by atoms with van der Waals surface area (Å²) in [6.45, 7) is 0. The molecular formula is C14H9ClF2N2O4. The topological polar surface area (TPSA) is 88.5 Å². The van der Waals surface area contributed by atoms with Gasteiger partial charge in [-0.3, -0.25) is 4.79 Å². The molecule has 0 aliphatic heterocycles. The highest BCUT2D eigenvalue weighted by Crippen LogP contribution is 2.25. The fraction of sp³-hybridized carbons (Fsp3) is 0.0714. The van der Waals surface area contributed by atoms with Crippen molar-refractivity contribution < 1.29 is 28.2 Å². The zero-order valence-electron chi connectivity index (χ0n) is 11.3. The molecule has 0 saturated carbocycles. The number of amides is 1. The third kappa shape index (κ3) is 4.62. The predicted octanol–water partition coefficient (Wildman–Crippen LogP) is 3.20. The quantitative estimate of drug-likeness (QED) is 0.815. The first-order valence-electron chi connectivity index (χ1n) is 6.12. The molecule has 0 fully saturated rings. The van der Waals surface area contributed by atoms with Gasteiger partial charge in [-0.15, -0.1) is 8.78 Å². The summed E-state index contributed by atoms with van der Waals surface area (Å²) in [5, 5.41) is 11.3. The molecule has 0 bridgehead atoms. The second-order valence-corrected chi connectivity index (χ2v) is 4.67. The van der Waals surface area contributed by atoms with E-state index in [9.17, 15) is 18.4 Å². The molecule has 0 saturated heterocycles. The Morgan fingerprint density at radius 1 is 1.22 bits per heavy atom. The molecule has 0 aliphatic rings.